The van der Waals surface area contributed by atoms with Gasteiger partial charge in [0.2, 0.25) is 0 Å². The van der Waals surface area contributed by atoms with Crippen LogP contribution in [0.4, 0.5) is 8.78 Å². The molecule has 0 amide bonds. The predicted octanol–water partition coefficient (Wildman–Crippen LogP) is 2.80. The normalized spacial score (nSPS) is 13.5. The number of Topliss-reactive ketones (excluding diaryl/α,β-unsaturated/α-hetero) is 1. The highest BCUT2D eigenvalue weighted by Crippen LogP contribution is 2.14. The molecule has 0 radical (unpaired) electrons. The minimum absolute atomic E-state index is 0.0653. The molecule has 0 spiro atoms. The molecule has 1 heterocycles. The Bertz CT molecular complexity index is 836. The number of aliphatic carboxylic acids is 1. The summed E-state index contributed by atoms with van der Waals surface area (Å²) >= 11 is 0. The van der Waals surface area contributed by atoms with Gasteiger partial charge in [-0.2, -0.15) is 0 Å². The molecular weight excluding hydrogens is 368 g/mol. The number of aromatic nitrogens is 2. The Morgan fingerprint density at radius 3 is 2.57 bits per heavy atom. The smallest absolute Gasteiger partial charge is 0.321 e. The van der Waals surface area contributed by atoms with Gasteiger partial charge >= 0.3 is 5.97 Å². The molecule has 0 fully saturated rings. The van der Waals surface area contributed by atoms with E-state index in [0.29, 0.717) is 12.1 Å². The number of hydrogen-bond acceptors (Lipinski definition) is 4. The van der Waals surface area contributed by atoms with E-state index in [0.717, 1.165) is 6.07 Å². The number of carbonyl (C=O) groups excluding carboxylic acids is 1. The summed E-state index contributed by atoms with van der Waals surface area (Å²) in [6, 6.07) is 2.41. The molecule has 2 aromatic rings. The lowest BCUT2D eigenvalue weighted by Crippen LogP contribution is -2.48. The SMILES string of the molecule is CC(=O)C(CC(C)C)NC(Cc1cn(Cc2cccc(F)c2F)cn1)C(=O)O. The van der Waals surface area contributed by atoms with Crippen LogP contribution in [0.5, 0.6) is 0 Å². The fraction of sp³-hybridized carbons (Fsp3) is 0.450. The summed E-state index contributed by atoms with van der Waals surface area (Å²) in [4.78, 5) is 27.6. The van der Waals surface area contributed by atoms with Crippen molar-refractivity contribution in [3.63, 3.8) is 0 Å². The van der Waals surface area contributed by atoms with Crippen molar-refractivity contribution in [2.75, 3.05) is 0 Å². The topological polar surface area (TPSA) is 84.2 Å². The fourth-order valence-electron chi connectivity index (χ4n) is 2.96. The summed E-state index contributed by atoms with van der Waals surface area (Å²) < 4.78 is 28.7. The maximum absolute atomic E-state index is 13.8. The first kappa shape index (κ1) is 21.7. The third-order valence-corrected chi connectivity index (χ3v) is 4.38. The van der Waals surface area contributed by atoms with Gasteiger partial charge in [0, 0.05) is 18.2 Å². The zero-order valence-corrected chi connectivity index (χ0v) is 16.2. The Morgan fingerprint density at radius 1 is 1.25 bits per heavy atom. The number of rotatable bonds is 10. The molecule has 0 aliphatic heterocycles. The molecular formula is C20H25F2N3O3. The second-order valence-corrected chi connectivity index (χ2v) is 7.30. The van der Waals surface area contributed by atoms with E-state index in [-0.39, 0.29) is 30.2 Å². The molecule has 0 saturated carbocycles. The lowest BCUT2D eigenvalue weighted by molar-refractivity contribution is -0.139. The number of hydrogen-bond donors (Lipinski definition) is 2. The Morgan fingerprint density at radius 2 is 1.96 bits per heavy atom. The number of carboxylic acid groups (broad SMARTS) is 1. The van der Waals surface area contributed by atoms with Crippen LogP contribution >= 0.6 is 0 Å². The molecule has 1 aromatic heterocycles. The van der Waals surface area contributed by atoms with E-state index in [1.807, 2.05) is 13.8 Å². The van der Waals surface area contributed by atoms with E-state index in [1.165, 1.54) is 25.4 Å². The summed E-state index contributed by atoms with van der Waals surface area (Å²) in [6.07, 6.45) is 3.63. The zero-order valence-electron chi connectivity index (χ0n) is 16.2. The maximum atomic E-state index is 13.8. The Hall–Kier alpha value is -2.61. The number of carboxylic acids is 1. The third kappa shape index (κ3) is 5.95. The summed E-state index contributed by atoms with van der Waals surface area (Å²) in [5.74, 6) is -2.81. The molecule has 2 N–H and O–H groups in total. The molecule has 0 saturated heterocycles. The molecule has 0 aliphatic rings. The molecule has 28 heavy (non-hydrogen) atoms. The Kier molecular flexibility index (Phi) is 7.39. The van der Waals surface area contributed by atoms with E-state index in [2.05, 4.69) is 10.3 Å². The number of nitrogens with zero attached hydrogens (tertiary/aromatic N) is 2. The van der Waals surface area contributed by atoms with E-state index < -0.39 is 29.7 Å². The van der Waals surface area contributed by atoms with Crippen LogP contribution in [0.3, 0.4) is 0 Å². The van der Waals surface area contributed by atoms with Crippen molar-refractivity contribution in [2.45, 2.75) is 52.2 Å². The lowest BCUT2D eigenvalue weighted by atomic mass is 9.99. The summed E-state index contributed by atoms with van der Waals surface area (Å²) in [5.41, 5.74) is 0.647. The second kappa shape index (κ2) is 9.54. The molecule has 2 unspecified atom stereocenters. The van der Waals surface area contributed by atoms with Crippen LogP contribution in [0, 0.1) is 17.6 Å². The average molecular weight is 393 g/mol. The van der Waals surface area contributed by atoms with Crippen LogP contribution in [-0.4, -0.2) is 38.5 Å². The van der Waals surface area contributed by atoms with E-state index >= 15 is 0 Å². The zero-order chi connectivity index (χ0) is 20.8. The Balaban J connectivity index is 2.09. The molecule has 2 atom stereocenters. The number of carbonyl (C=O) groups is 2. The number of benzene rings is 1. The average Bonchev–Trinajstić information content (AvgIpc) is 3.04. The third-order valence-electron chi connectivity index (χ3n) is 4.38. The standard InChI is InChI=1S/C20H25F2N3O3/c1-12(2)7-17(13(3)26)24-18(20(27)28)8-15-10-25(11-23-15)9-14-5-4-6-16(21)19(14)22/h4-6,10-12,17-18,24H,7-9H2,1-3H3,(H,27,28). The monoisotopic (exact) mass is 393 g/mol. The highest BCUT2D eigenvalue weighted by atomic mass is 19.2. The van der Waals surface area contributed by atoms with Gasteiger partial charge in [-0.15, -0.1) is 0 Å². The van der Waals surface area contributed by atoms with Crippen LogP contribution < -0.4 is 5.32 Å². The van der Waals surface area contributed by atoms with Gasteiger partial charge in [0.15, 0.2) is 11.6 Å². The maximum Gasteiger partial charge on any atom is 0.321 e. The number of imidazole rings is 1. The van der Waals surface area contributed by atoms with Crippen LogP contribution in [0.25, 0.3) is 0 Å². The quantitative estimate of drug-likeness (QED) is 0.649. The van der Waals surface area contributed by atoms with Crippen LogP contribution in [0.15, 0.2) is 30.7 Å². The molecule has 1 aromatic carbocycles. The molecule has 6 nitrogen and oxygen atoms in total. The number of halogens is 2. The number of ketones is 1. The van der Waals surface area contributed by atoms with Gasteiger partial charge in [-0.05, 0) is 25.3 Å². The van der Waals surface area contributed by atoms with Crippen molar-refractivity contribution in [3.8, 4) is 0 Å². The minimum atomic E-state index is -1.08. The predicted molar refractivity (Wildman–Crippen MR) is 99.9 cm³/mol. The molecule has 152 valence electrons. The largest absolute Gasteiger partial charge is 0.480 e. The first-order valence-electron chi connectivity index (χ1n) is 9.10. The highest BCUT2D eigenvalue weighted by Gasteiger charge is 2.25. The van der Waals surface area contributed by atoms with E-state index in [9.17, 15) is 23.5 Å². The van der Waals surface area contributed by atoms with Gasteiger partial charge in [0.1, 0.15) is 11.8 Å². The van der Waals surface area contributed by atoms with Gasteiger partial charge in [-0.1, -0.05) is 26.0 Å². The molecule has 0 aliphatic carbocycles. The first-order valence-corrected chi connectivity index (χ1v) is 9.10. The summed E-state index contributed by atoms with van der Waals surface area (Å²) in [5, 5.41) is 12.4. The number of nitrogens with one attached hydrogen (secondary N) is 1. The van der Waals surface area contributed by atoms with Crippen LogP contribution in [0.1, 0.15) is 38.4 Å². The minimum Gasteiger partial charge on any atom is -0.480 e. The van der Waals surface area contributed by atoms with Crippen molar-refractivity contribution in [3.05, 3.63) is 53.6 Å². The summed E-state index contributed by atoms with van der Waals surface area (Å²) in [7, 11) is 0. The van der Waals surface area contributed by atoms with Crippen molar-refractivity contribution >= 4 is 11.8 Å². The molecule has 0 bridgehead atoms. The van der Waals surface area contributed by atoms with Crippen molar-refractivity contribution in [2.24, 2.45) is 5.92 Å². The van der Waals surface area contributed by atoms with Crippen molar-refractivity contribution in [1.29, 1.82) is 0 Å². The van der Waals surface area contributed by atoms with Gasteiger partial charge in [0.05, 0.1) is 24.6 Å². The van der Waals surface area contributed by atoms with E-state index in [4.69, 9.17) is 0 Å². The highest BCUT2D eigenvalue weighted by molar-refractivity contribution is 5.82. The molecule has 8 heteroatoms. The van der Waals surface area contributed by atoms with Crippen molar-refractivity contribution in [1.82, 2.24) is 14.9 Å². The van der Waals surface area contributed by atoms with Gasteiger partial charge in [0.25, 0.3) is 0 Å². The van der Waals surface area contributed by atoms with Crippen LogP contribution in [-0.2, 0) is 22.6 Å². The van der Waals surface area contributed by atoms with E-state index in [1.54, 1.807) is 10.8 Å². The lowest BCUT2D eigenvalue weighted by Gasteiger charge is -2.22. The first-order chi connectivity index (χ1) is 13.2. The van der Waals surface area contributed by atoms with Gasteiger partial charge in [-0.3, -0.25) is 14.9 Å². The summed E-state index contributed by atoms with van der Waals surface area (Å²) in [6.45, 7) is 5.42. The fourth-order valence-corrected chi connectivity index (χ4v) is 2.96. The Labute approximate surface area is 162 Å². The van der Waals surface area contributed by atoms with Crippen LogP contribution in [0.2, 0.25) is 0 Å². The van der Waals surface area contributed by atoms with Crippen molar-refractivity contribution < 1.29 is 23.5 Å². The van der Waals surface area contributed by atoms with Gasteiger partial charge < -0.3 is 9.67 Å². The second-order valence-electron chi connectivity index (χ2n) is 7.30. The van der Waals surface area contributed by atoms with Gasteiger partial charge in [-0.25, -0.2) is 13.8 Å². The molecule has 2 rings (SSSR count).